The van der Waals surface area contributed by atoms with Gasteiger partial charge in [0.05, 0.1) is 10.6 Å². The Morgan fingerprint density at radius 3 is 2.63 bits per heavy atom. The van der Waals surface area contributed by atoms with Crippen molar-refractivity contribution < 1.29 is 12.8 Å². The highest BCUT2D eigenvalue weighted by Gasteiger charge is 2.29. The number of sulfonamides is 1. The second kappa shape index (κ2) is 7.10. The molecule has 0 amide bonds. The fourth-order valence-corrected chi connectivity index (χ4v) is 5.03. The smallest absolute Gasteiger partial charge is 0.236 e. The number of rotatable bonds is 3. The van der Waals surface area contributed by atoms with Crippen molar-refractivity contribution in [2.24, 2.45) is 0 Å². The van der Waals surface area contributed by atoms with Crippen molar-refractivity contribution in [2.45, 2.75) is 17.9 Å². The Hall–Kier alpha value is -2.16. The number of halogens is 2. The zero-order valence-corrected chi connectivity index (χ0v) is 16.5. The van der Waals surface area contributed by atoms with Gasteiger partial charge in [-0.05, 0) is 42.5 Å². The van der Waals surface area contributed by atoms with E-state index in [0.717, 1.165) is 16.8 Å². The van der Waals surface area contributed by atoms with Crippen molar-refractivity contribution in [3.8, 4) is 11.4 Å². The van der Waals surface area contributed by atoms with E-state index >= 15 is 0 Å². The SMILES string of the molecule is O=S(=O)(c1cccc(Br)c1)N1CCc2nc(-c3ccc(F)cc3)ncc2C1. The molecule has 0 radical (unpaired) electrons. The lowest BCUT2D eigenvalue weighted by Gasteiger charge is -2.27. The molecule has 3 aromatic rings. The summed E-state index contributed by atoms with van der Waals surface area (Å²) in [6.07, 6.45) is 2.16. The predicted molar refractivity (Wildman–Crippen MR) is 103 cm³/mol. The number of hydrogen-bond donors (Lipinski definition) is 0. The van der Waals surface area contributed by atoms with Crippen molar-refractivity contribution in [1.82, 2.24) is 14.3 Å². The third-order valence-corrected chi connectivity index (χ3v) is 6.77. The zero-order chi connectivity index (χ0) is 19.0. The van der Waals surface area contributed by atoms with Crippen molar-refractivity contribution in [3.05, 3.63) is 76.3 Å². The minimum atomic E-state index is -3.59. The summed E-state index contributed by atoms with van der Waals surface area (Å²) >= 11 is 3.31. The van der Waals surface area contributed by atoms with Crippen LogP contribution in [0.15, 0.2) is 64.1 Å². The first-order valence-electron chi connectivity index (χ1n) is 8.30. The van der Waals surface area contributed by atoms with E-state index < -0.39 is 10.0 Å². The van der Waals surface area contributed by atoms with E-state index in [1.54, 1.807) is 42.6 Å². The van der Waals surface area contributed by atoms with Crippen molar-refractivity contribution in [3.63, 3.8) is 0 Å². The van der Waals surface area contributed by atoms with Crippen molar-refractivity contribution in [1.29, 1.82) is 0 Å². The van der Waals surface area contributed by atoms with Crippen LogP contribution in [0.4, 0.5) is 4.39 Å². The molecule has 27 heavy (non-hydrogen) atoms. The monoisotopic (exact) mass is 447 g/mol. The lowest BCUT2D eigenvalue weighted by molar-refractivity contribution is 0.387. The van der Waals surface area contributed by atoms with E-state index in [1.807, 2.05) is 0 Å². The van der Waals surface area contributed by atoms with Crippen LogP contribution in [0.3, 0.4) is 0 Å². The maximum absolute atomic E-state index is 13.1. The van der Waals surface area contributed by atoms with Gasteiger partial charge in [-0.2, -0.15) is 4.31 Å². The quantitative estimate of drug-likeness (QED) is 0.612. The van der Waals surface area contributed by atoms with Gasteiger partial charge in [0, 0.05) is 41.3 Å². The molecule has 0 unspecified atom stereocenters. The predicted octanol–water partition coefficient (Wildman–Crippen LogP) is 3.79. The molecule has 0 aliphatic carbocycles. The van der Waals surface area contributed by atoms with E-state index in [9.17, 15) is 12.8 Å². The van der Waals surface area contributed by atoms with Crippen LogP contribution in [0.25, 0.3) is 11.4 Å². The normalized spacial score (nSPS) is 14.7. The van der Waals surface area contributed by atoms with E-state index in [-0.39, 0.29) is 17.3 Å². The third kappa shape index (κ3) is 3.65. The number of aromatic nitrogens is 2. The highest BCUT2D eigenvalue weighted by atomic mass is 79.9. The average Bonchev–Trinajstić information content (AvgIpc) is 2.68. The molecule has 2 heterocycles. The molecule has 0 N–H and O–H groups in total. The van der Waals surface area contributed by atoms with Crippen LogP contribution in [0.2, 0.25) is 0 Å². The maximum atomic E-state index is 13.1. The van der Waals surface area contributed by atoms with Crippen LogP contribution in [-0.2, 0) is 23.0 Å². The van der Waals surface area contributed by atoms with Crippen LogP contribution < -0.4 is 0 Å². The van der Waals surface area contributed by atoms with Gasteiger partial charge >= 0.3 is 0 Å². The van der Waals surface area contributed by atoms with Gasteiger partial charge in [0.1, 0.15) is 5.82 Å². The molecule has 138 valence electrons. The van der Waals surface area contributed by atoms with Gasteiger partial charge < -0.3 is 0 Å². The standard InChI is InChI=1S/C19H15BrFN3O2S/c20-15-2-1-3-17(10-15)27(25,26)24-9-8-18-14(12-24)11-22-19(23-18)13-4-6-16(21)7-5-13/h1-7,10-11H,8-9,12H2. The van der Waals surface area contributed by atoms with E-state index in [0.29, 0.717) is 23.3 Å². The Morgan fingerprint density at radius 2 is 1.89 bits per heavy atom. The van der Waals surface area contributed by atoms with Crippen molar-refractivity contribution >= 4 is 26.0 Å². The van der Waals surface area contributed by atoms with Crippen LogP contribution in [0.5, 0.6) is 0 Å². The van der Waals surface area contributed by atoms with Gasteiger partial charge in [0.15, 0.2) is 5.82 Å². The van der Waals surface area contributed by atoms with Gasteiger partial charge in [0.25, 0.3) is 0 Å². The highest BCUT2D eigenvalue weighted by Crippen LogP contribution is 2.26. The molecule has 5 nitrogen and oxygen atoms in total. The highest BCUT2D eigenvalue weighted by molar-refractivity contribution is 9.10. The summed E-state index contributed by atoms with van der Waals surface area (Å²) in [5, 5.41) is 0. The fourth-order valence-electron chi connectivity index (χ4n) is 3.01. The summed E-state index contributed by atoms with van der Waals surface area (Å²) in [5.74, 6) is 0.196. The first-order valence-corrected chi connectivity index (χ1v) is 10.5. The Labute approximate surface area is 165 Å². The molecule has 0 saturated heterocycles. The topological polar surface area (TPSA) is 63.2 Å². The second-order valence-corrected chi connectivity index (χ2v) is 9.07. The number of hydrogen-bond acceptors (Lipinski definition) is 4. The van der Waals surface area contributed by atoms with Gasteiger partial charge in [-0.15, -0.1) is 0 Å². The maximum Gasteiger partial charge on any atom is 0.243 e. The van der Waals surface area contributed by atoms with Gasteiger partial charge in [-0.1, -0.05) is 22.0 Å². The zero-order valence-electron chi connectivity index (χ0n) is 14.1. The minimum absolute atomic E-state index is 0.230. The molecule has 0 atom stereocenters. The molecule has 0 bridgehead atoms. The molecule has 0 spiro atoms. The number of benzene rings is 2. The Kier molecular flexibility index (Phi) is 4.79. The summed E-state index contributed by atoms with van der Waals surface area (Å²) in [5.41, 5.74) is 2.33. The summed E-state index contributed by atoms with van der Waals surface area (Å²) in [7, 11) is -3.59. The largest absolute Gasteiger partial charge is 0.243 e. The molecule has 2 aromatic carbocycles. The Balaban J connectivity index is 1.61. The van der Waals surface area contributed by atoms with Gasteiger partial charge in [-0.25, -0.2) is 22.8 Å². The van der Waals surface area contributed by atoms with Crippen LogP contribution >= 0.6 is 15.9 Å². The molecule has 0 fully saturated rings. The number of fused-ring (bicyclic) bond motifs is 1. The summed E-state index contributed by atoms with van der Waals surface area (Å²) in [6.45, 7) is 0.579. The first-order chi connectivity index (χ1) is 12.9. The van der Waals surface area contributed by atoms with Crippen LogP contribution in [0, 0.1) is 5.82 Å². The lowest BCUT2D eigenvalue weighted by atomic mass is 10.1. The minimum Gasteiger partial charge on any atom is -0.236 e. The van der Waals surface area contributed by atoms with E-state index in [1.165, 1.54) is 16.4 Å². The second-order valence-electron chi connectivity index (χ2n) is 6.22. The summed E-state index contributed by atoms with van der Waals surface area (Å²) in [6, 6.07) is 12.7. The molecular weight excluding hydrogens is 433 g/mol. The van der Waals surface area contributed by atoms with E-state index in [2.05, 4.69) is 25.9 Å². The summed E-state index contributed by atoms with van der Waals surface area (Å²) < 4.78 is 41.0. The van der Waals surface area contributed by atoms with E-state index in [4.69, 9.17) is 0 Å². The Morgan fingerprint density at radius 1 is 1.11 bits per heavy atom. The fraction of sp³-hybridized carbons (Fsp3) is 0.158. The molecule has 1 aliphatic heterocycles. The summed E-state index contributed by atoms with van der Waals surface area (Å²) in [4.78, 5) is 9.14. The third-order valence-electron chi connectivity index (χ3n) is 4.44. The molecule has 1 aliphatic rings. The van der Waals surface area contributed by atoms with Crippen LogP contribution in [-0.4, -0.2) is 29.2 Å². The van der Waals surface area contributed by atoms with Gasteiger partial charge in [-0.3, -0.25) is 0 Å². The lowest BCUT2D eigenvalue weighted by Crippen LogP contribution is -2.36. The van der Waals surface area contributed by atoms with Gasteiger partial charge in [0.2, 0.25) is 10.0 Å². The molecule has 1 aromatic heterocycles. The molecular formula is C19H15BrFN3O2S. The first kappa shape index (κ1) is 18.2. The van der Waals surface area contributed by atoms with Crippen molar-refractivity contribution in [2.75, 3.05) is 6.54 Å². The average molecular weight is 448 g/mol. The Bertz CT molecular complexity index is 1100. The number of nitrogens with zero attached hydrogens (tertiary/aromatic N) is 3. The molecule has 8 heteroatoms. The molecule has 0 saturated carbocycles. The molecule has 4 rings (SSSR count). The van der Waals surface area contributed by atoms with Crippen LogP contribution in [0.1, 0.15) is 11.3 Å².